The molecule has 0 aromatic carbocycles. The summed E-state index contributed by atoms with van der Waals surface area (Å²) >= 11 is 0. The van der Waals surface area contributed by atoms with Gasteiger partial charge in [0.1, 0.15) is 5.82 Å². The molecule has 0 saturated carbocycles. The number of piperidine rings is 1. The molecule has 1 unspecified atom stereocenters. The molecule has 1 saturated heterocycles. The maximum Gasteiger partial charge on any atom is 0.128 e. The minimum Gasteiger partial charge on any atom is -0.388 e. The Kier molecular flexibility index (Phi) is 4.30. The molecular formula is C15H25N3O. The van der Waals surface area contributed by atoms with Crippen LogP contribution in [0.2, 0.25) is 0 Å². The average Bonchev–Trinajstić information content (AvgIpc) is 2.39. The van der Waals surface area contributed by atoms with Gasteiger partial charge in [-0.3, -0.25) is 0 Å². The number of pyridine rings is 1. The molecule has 1 aliphatic rings. The molecule has 2 N–H and O–H groups in total. The van der Waals surface area contributed by atoms with Crippen molar-refractivity contribution in [2.24, 2.45) is 0 Å². The zero-order valence-corrected chi connectivity index (χ0v) is 12.2. The topological polar surface area (TPSA) is 48.4 Å². The highest BCUT2D eigenvalue weighted by atomic mass is 16.3. The highest BCUT2D eigenvalue weighted by molar-refractivity contribution is 5.49. The van der Waals surface area contributed by atoms with Gasteiger partial charge >= 0.3 is 0 Å². The Labute approximate surface area is 115 Å². The van der Waals surface area contributed by atoms with Crippen LogP contribution < -0.4 is 10.2 Å². The number of hydrogen-bond donors (Lipinski definition) is 2. The fraction of sp³-hybridized carbons (Fsp3) is 0.667. The second-order valence-electron chi connectivity index (χ2n) is 5.97. The lowest BCUT2D eigenvalue weighted by Gasteiger charge is -2.29. The molecule has 1 aromatic rings. The normalized spacial score (nSPS) is 18.2. The van der Waals surface area contributed by atoms with Gasteiger partial charge in [-0.05, 0) is 52.2 Å². The zero-order chi connectivity index (χ0) is 13.9. The lowest BCUT2D eigenvalue weighted by atomic mass is 10.0. The zero-order valence-electron chi connectivity index (χ0n) is 12.2. The molecule has 0 aliphatic carbocycles. The summed E-state index contributed by atoms with van der Waals surface area (Å²) in [6.45, 7) is 7.80. The average molecular weight is 263 g/mol. The Morgan fingerprint density at radius 2 is 1.95 bits per heavy atom. The van der Waals surface area contributed by atoms with E-state index in [1.165, 1.54) is 19.3 Å². The van der Waals surface area contributed by atoms with E-state index in [4.69, 9.17) is 0 Å². The Morgan fingerprint density at radius 1 is 1.26 bits per heavy atom. The molecule has 1 atom stereocenters. The molecular weight excluding hydrogens is 238 g/mol. The van der Waals surface area contributed by atoms with Gasteiger partial charge in [0.2, 0.25) is 0 Å². The summed E-state index contributed by atoms with van der Waals surface area (Å²) in [7, 11) is 0. The fourth-order valence-corrected chi connectivity index (χ4v) is 2.21. The fourth-order valence-electron chi connectivity index (χ4n) is 2.21. The van der Waals surface area contributed by atoms with Gasteiger partial charge in [-0.2, -0.15) is 0 Å². The molecule has 1 aliphatic heterocycles. The first-order valence-electron chi connectivity index (χ1n) is 7.17. The monoisotopic (exact) mass is 263 g/mol. The highest BCUT2D eigenvalue weighted by Gasteiger charge is 2.22. The third-order valence-corrected chi connectivity index (χ3v) is 3.87. The number of anilines is 2. The van der Waals surface area contributed by atoms with Crippen molar-refractivity contribution in [3.8, 4) is 0 Å². The van der Waals surface area contributed by atoms with E-state index >= 15 is 0 Å². The molecule has 0 radical (unpaired) electrons. The van der Waals surface area contributed by atoms with E-state index in [2.05, 4.69) is 21.3 Å². The quantitative estimate of drug-likeness (QED) is 0.877. The van der Waals surface area contributed by atoms with Gasteiger partial charge in [-0.1, -0.05) is 0 Å². The first kappa shape index (κ1) is 14.1. The van der Waals surface area contributed by atoms with Gasteiger partial charge < -0.3 is 15.3 Å². The van der Waals surface area contributed by atoms with Crippen LogP contribution in [0.3, 0.4) is 0 Å². The number of aromatic nitrogens is 1. The van der Waals surface area contributed by atoms with E-state index in [0.29, 0.717) is 0 Å². The minimum absolute atomic E-state index is 0.0184. The largest absolute Gasteiger partial charge is 0.388 e. The standard InChI is InChI=1S/C15H25N3O/c1-12(15(2,3)19)17-13-7-8-14(16-11-13)18-9-5-4-6-10-18/h7-8,11-12,17,19H,4-6,9-10H2,1-3H3. The number of rotatable bonds is 4. The van der Waals surface area contributed by atoms with E-state index in [0.717, 1.165) is 24.6 Å². The third-order valence-electron chi connectivity index (χ3n) is 3.87. The van der Waals surface area contributed by atoms with E-state index in [-0.39, 0.29) is 6.04 Å². The van der Waals surface area contributed by atoms with Crippen molar-refractivity contribution in [1.82, 2.24) is 4.98 Å². The van der Waals surface area contributed by atoms with Gasteiger partial charge in [0.15, 0.2) is 0 Å². The van der Waals surface area contributed by atoms with Crippen molar-refractivity contribution >= 4 is 11.5 Å². The SMILES string of the molecule is CC(Nc1ccc(N2CCCCC2)nc1)C(C)(C)O. The summed E-state index contributed by atoms with van der Waals surface area (Å²) in [6.07, 6.45) is 5.71. The molecule has 2 rings (SSSR count). The molecule has 4 nitrogen and oxygen atoms in total. The maximum absolute atomic E-state index is 9.91. The predicted molar refractivity (Wildman–Crippen MR) is 79.7 cm³/mol. The molecule has 0 bridgehead atoms. The second-order valence-corrected chi connectivity index (χ2v) is 5.97. The highest BCUT2D eigenvalue weighted by Crippen LogP contribution is 2.20. The first-order chi connectivity index (χ1) is 8.97. The van der Waals surface area contributed by atoms with Gasteiger partial charge in [-0.15, -0.1) is 0 Å². The van der Waals surface area contributed by atoms with E-state index < -0.39 is 5.60 Å². The van der Waals surface area contributed by atoms with Crippen LogP contribution in [0.1, 0.15) is 40.0 Å². The van der Waals surface area contributed by atoms with Crippen LogP contribution in [0.4, 0.5) is 11.5 Å². The number of hydrogen-bond acceptors (Lipinski definition) is 4. The molecule has 1 fully saturated rings. The van der Waals surface area contributed by atoms with Crippen molar-refractivity contribution in [1.29, 1.82) is 0 Å². The van der Waals surface area contributed by atoms with Crippen LogP contribution in [0.5, 0.6) is 0 Å². The smallest absolute Gasteiger partial charge is 0.128 e. The molecule has 0 amide bonds. The summed E-state index contributed by atoms with van der Waals surface area (Å²) in [4.78, 5) is 6.86. The number of nitrogens with one attached hydrogen (secondary N) is 1. The van der Waals surface area contributed by atoms with Gasteiger partial charge in [0.05, 0.1) is 23.5 Å². The lowest BCUT2D eigenvalue weighted by molar-refractivity contribution is 0.0649. The van der Waals surface area contributed by atoms with Crippen molar-refractivity contribution in [2.75, 3.05) is 23.3 Å². The lowest BCUT2D eigenvalue weighted by Crippen LogP contribution is -2.39. The molecule has 1 aromatic heterocycles. The molecule has 0 spiro atoms. The van der Waals surface area contributed by atoms with Gasteiger partial charge in [-0.25, -0.2) is 4.98 Å². The molecule has 2 heterocycles. The summed E-state index contributed by atoms with van der Waals surface area (Å²) in [5.74, 6) is 1.06. The molecule has 106 valence electrons. The van der Waals surface area contributed by atoms with Crippen LogP contribution in [0, 0.1) is 0 Å². The minimum atomic E-state index is -0.745. The van der Waals surface area contributed by atoms with E-state index in [1.807, 2.05) is 19.2 Å². The summed E-state index contributed by atoms with van der Waals surface area (Å²) in [6, 6.07) is 4.08. The van der Waals surface area contributed by atoms with E-state index in [9.17, 15) is 5.11 Å². The van der Waals surface area contributed by atoms with Gasteiger partial charge in [0.25, 0.3) is 0 Å². The maximum atomic E-state index is 9.91. The third kappa shape index (κ3) is 3.83. The van der Waals surface area contributed by atoms with Crippen molar-refractivity contribution in [3.63, 3.8) is 0 Å². The van der Waals surface area contributed by atoms with Gasteiger partial charge in [0, 0.05) is 13.1 Å². The second kappa shape index (κ2) is 5.78. The first-order valence-corrected chi connectivity index (χ1v) is 7.17. The van der Waals surface area contributed by atoms with Crippen LogP contribution in [0.25, 0.3) is 0 Å². The Balaban J connectivity index is 1.98. The van der Waals surface area contributed by atoms with Crippen molar-refractivity contribution in [2.45, 2.75) is 51.7 Å². The Morgan fingerprint density at radius 3 is 2.47 bits per heavy atom. The summed E-state index contributed by atoms with van der Waals surface area (Å²) in [5.41, 5.74) is 0.210. The predicted octanol–water partition coefficient (Wildman–Crippen LogP) is 2.64. The molecule has 4 heteroatoms. The van der Waals surface area contributed by atoms with Crippen molar-refractivity contribution in [3.05, 3.63) is 18.3 Å². The molecule has 19 heavy (non-hydrogen) atoms. The number of aliphatic hydroxyl groups is 1. The summed E-state index contributed by atoms with van der Waals surface area (Å²) < 4.78 is 0. The van der Waals surface area contributed by atoms with Crippen LogP contribution >= 0.6 is 0 Å². The Hall–Kier alpha value is -1.29. The summed E-state index contributed by atoms with van der Waals surface area (Å²) in [5, 5.41) is 13.2. The van der Waals surface area contributed by atoms with E-state index in [1.54, 1.807) is 13.8 Å². The number of nitrogens with zero attached hydrogens (tertiary/aromatic N) is 2. The Bertz CT molecular complexity index is 391. The van der Waals surface area contributed by atoms with Crippen LogP contribution in [-0.4, -0.2) is 34.8 Å². The van der Waals surface area contributed by atoms with Crippen LogP contribution in [0.15, 0.2) is 18.3 Å². The van der Waals surface area contributed by atoms with Crippen LogP contribution in [-0.2, 0) is 0 Å². The van der Waals surface area contributed by atoms with Crippen molar-refractivity contribution < 1.29 is 5.11 Å².